The molecular weight excluding hydrogens is 195 g/mol. The lowest BCUT2D eigenvalue weighted by molar-refractivity contribution is 0.318. The Kier molecular flexibility index (Phi) is 2.38. The minimum Gasteiger partial charge on any atom is -0.508 e. The molecule has 0 amide bonds. The maximum Gasteiger partial charge on any atom is 0.139 e. The summed E-state index contributed by atoms with van der Waals surface area (Å²) in [5.41, 5.74) is 3.94. The van der Waals surface area contributed by atoms with Gasteiger partial charge < -0.3 is 5.11 Å². The van der Waals surface area contributed by atoms with Gasteiger partial charge in [-0.3, -0.25) is 0 Å². The van der Waals surface area contributed by atoms with E-state index in [2.05, 4.69) is 41.6 Å². The van der Waals surface area contributed by atoms with Gasteiger partial charge in [-0.05, 0) is 35.3 Å². The Bertz CT molecular complexity index is 433. The third-order valence-corrected chi connectivity index (χ3v) is 4.04. The van der Waals surface area contributed by atoms with Crippen LogP contribution in [-0.2, 0) is 10.8 Å². The number of hydrogen-bond donors (Lipinski definition) is 1. The van der Waals surface area contributed by atoms with Crippen LogP contribution in [0.5, 0.6) is 5.75 Å². The topological polar surface area (TPSA) is 20.2 Å². The molecule has 1 N–H and O–H groups in total. The summed E-state index contributed by atoms with van der Waals surface area (Å²) < 4.78 is 0. The third kappa shape index (κ3) is 1.64. The minimum absolute atomic E-state index is 0.0998. The minimum atomic E-state index is 0.0998. The molecule has 0 heterocycles. The van der Waals surface area contributed by atoms with Crippen molar-refractivity contribution in [2.24, 2.45) is 0 Å². The van der Waals surface area contributed by atoms with E-state index in [1.807, 2.05) is 6.07 Å². The van der Waals surface area contributed by atoms with Crippen LogP contribution in [0.3, 0.4) is 0 Å². The second-order valence-electron chi connectivity index (χ2n) is 6.47. The van der Waals surface area contributed by atoms with Crippen LogP contribution in [0.2, 0.25) is 0 Å². The Balaban J connectivity index is 2.74. The first-order valence-corrected chi connectivity index (χ1v) is 6.09. The Morgan fingerprint density at radius 1 is 1.06 bits per heavy atom. The van der Waals surface area contributed by atoms with Crippen molar-refractivity contribution in [2.45, 2.75) is 51.4 Å². The van der Waals surface area contributed by atoms with Gasteiger partial charge in [0.15, 0.2) is 0 Å². The molecule has 1 aliphatic carbocycles. The lowest BCUT2D eigenvalue weighted by Crippen LogP contribution is -2.35. The first kappa shape index (κ1) is 11.6. The molecule has 16 heavy (non-hydrogen) atoms. The van der Waals surface area contributed by atoms with Crippen molar-refractivity contribution >= 4 is 13.3 Å². The maximum absolute atomic E-state index is 10.2. The van der Waals surface area contributed by atoms with Crippen molar-refractivity contribution in [3.8, 4) is 5.75 Å². The molecule has 0 saturated carbocycles. The third-order valence-electron chi connectivity index (χ3n) is 4.04. The van der Waals surface area contributed by atoms with Crippen molar-refractivity contribution in [2.75, 3.05) is 0 Å². The molecule has 0 atom stereocenters. The highest BCUT2D eigenvalue weighted by Crippen LogP contribution is 2.48. The van der Waals surface area contributed by atoms with Crippen LogP contribution in [0, 0.1) is 0 Å². The predicted octanol–water partition coefficient (Wildman–Crippen LogP) is 2.00. The van der Waals surface area contributed by atoms with Crippen LogP contribution in [-0.4, -0.2) is 13.0 Å². The molecular formula is C14H21BO. The summed E-state index contributed by atoms with van der Waals surface area (Å²) in [5.74, 6) is 0.479. The summed E-state index contributed by atoms with van der Waals surface area (Å²) in [6.07, 6.45) is 2.33. The Labute approximate surface area is 99.3 Å². The van der Waals surface area contributed by atoms with E-state index in [9.17, 15) is 5.11 Å². The smallest absolute Gasteiger partial charge is 0.139 e. The van der Waals surface area contributed by atoms with Gasteiger partial charge in [0.1, 0.15) is 13.6 Å². The lowest BCUT2D eigenvalue weighted by atomic mass is 9.62. The molecule has 1 aromatic carbocycles. The summed E-state index contributed by atoms with van der Waals surface area (Å²) in [5, 5.41) is 10.2. The van der Waals surface area contributed by atoms with Crippen LogP contribution in [0.15, 0.2) is 12.1 Å². The number of phenols is 1. The number of rotatable bonds is 0. The first-order chi connectivity index (χ1) is 7.24. The zero-order valence-electron chi connectivity index (χ0n) is 11.0. The van der Waals surface area contributed by atoms with Gasteiger partial charge in [-0.15, -0.1) is 0 Å². The number of phenolic OH excluding ortho intramolecular Hbond substituents is 1. The summed E-state index contributed by atoms with van der Waals surface area (Å²) in [6.45, 7) is 9.02. The number of fused-ring (bicyclic) bond motifs is 1. The molecule has 0 radical (unpaired) electrons. The number of hydrogen-bond acceptors (Lipinski definition) is 1. The van der Waals surface area contributed by atoms with Crippen LogP contribution in [0.1, 0.15) is 51.7 Å². The molecule has 0 spiro atoms. The molecule has 86 valence electrons. The largest absolute Gasteiger partial charge is 0.508 e. The van der Waals surface area contributed by atoms with Gasteiger partial charge in [0.25, 0.3) is 0 Å². The normalized spacial score (nSPS) is 21.5. The van der Waals surface area contributed by atoms with Gasteiger partial charge in [-0.1, -0.05) is 39.2 Å². The van der Waals surface area contributed by atoms with E-state index in [4.69, 9.17) is 0 Å². The van der Waals surface area contributed by atoms with E-state index in [1.54, 1.807) is 0 Å². The second kappa shape index (κ2) is 3.29. The van der Waals surface area contributed by atoms with Crippen LogP contribution < -0.4 is 5.46 Å². The fourth-order valence-corrected chi connectivity index (χ4v) is 2.90. The zero-order valence-corrected chi connectivity index (χ0v) is 11.0. The van der Waals surface area contributed by atoms with Crippen LogP contribution in [0.4, 0.5) is 0 Å². The van der Waals surface area contributed by atoms with Gasteiger partial charge >= 0.3 is 0 Å². The number of benzene rings is 1. The average molecular weight is 216 g/mol. The van der Waals surface area contributed by atoms with Crippen molar-refractivity contribution in [3.63, 3.8) is 0 Å². The fourth-order valence-electron chi connectivity index (χ4n) is 2.90. The predicted molar refractivity (Wildman–Crippen MR) is 71.6 cm³/mol. The van der Waals surface area contributed by atoms with E-state index >= 15 is 0 Å². The van der Waals surface area contributed by atoms with E-state index in [1.165, 1.54) is 12.0 Å². The Hall–Kier alpha value is -0.915. The molecule has 1 aromatic rings. The molecule has 1 nitrogen and oxygen atoms in total. The second-order valence-corrected chi connectivity index (χ2v) is 6.47. The average Bonchev–Trinajstić information content (AvgIpc) is 2.11. The highest BCUT2D eigenvalue weighted by Gasteiger charge is 2.38. The molecule has 0 fully saturated rings. The standard InChI is InChI=1S/C14H21BO/c1-13(2)5-6-14(3,4)12-10(13)7-9(15)8-11(12)16/h7-8,16H,5-6,15H2,1-4H3. The van der Waals surface area contributed by atoms with Gasteiger partial charge in [0.2, 0.25) is 0 Å². The SMILES string of the molecule is Bc1cc(O)c2c(c1)C(C)(C)CCC2(C)C. The highest BCUT2D eigenvalue weighted by atomic mass is 16.3. The van der Waals surface area contributed by atoms with Crippen LogP contribution >= 0.6 is 0 Å². The molecule has 0 unspecified atom stereocenters. The highest BCUT2D eigenvalue weighted by molar-refractivity contribution is 6.32. The molecule has 0 aromatic heterocycles. The first-order valence-electron chi connectivity index (χ1n) is 6.09. The van der Waals surface area contributed by atoms with Gasteiger partial charge in [0, 0.05) is 5.56 Å². The van der Waals surface area contributed by atoms with Crippen molar-refractivity contribution in [3.05, 3.63) is 23.3 Å². The van der Waals surface area contributed by atoms with Crippen LogP contribution in [0.25, 0.3) is 0 Å². The summed E-state index contributed by atoms with van der Waals surface area (Å²) in [6, 6.07) is 4.14. The summed E-state index contributed by atoms with van der Waals surface area (Å²) in [4.78, 5) is 0. The lowest BCUT2D eigenvalue weighted by Gasteiger charge is -2.42. The van der Waals surface area contributed by atoms with Crippen molar-refractivity contribution in [1.29, 1.82) is 0 Å². The number of aromatic hydroxyl groups is 1. The molecule has 2 rings (SSSR count). The molecule has 0 bridgehead atoms. The molecule has 0 saturated heterocycles. The van der Waals surface area contributed by atoms with E-state index < -0.39 is 0 Å². The molecule has 0 aliphatic heterocycles. The van der Waals surface area contributed by atoms with E-state index in [0.717, 1.165) is 17.4 Å². The fraction of sp³-hybridized carbons (Fsp3) is 0.571. The van der Waals surface area contributed by atoms with E-state index in [-0.39, 0.29) is 10.8 Å². The van der Waals surface area contributed by atoms with Gasteiger partial charge in [-0.2, -0.15) is 0 Å². The van der Waals surface area contributed by atoms with Gasteiger partial charge in [-0.25, -0.2) is 0 Å². The maximum atomic E-state index is 10.2. The summed E-state index contributed by atoms with van der Waals surface area (Å²) >= 11 is 0. The monoisotopic (exact) mass is 216 g/mol. The van der Waals surface area contributed by atoms with Crippen molar-refractivity contribution in [1.82, 2.24) is 0 Å². The van der Waals surface area contributed by atoms with Gasteiger partial charge in [0.05, 0.1) is 0 Å². The quantitative estimate of drug-likeness (QED) is 0.657. The zero-order chi connectivity index (χ0) is 12.1. The molecule has 1 aliphatic rings. The Morgan fingerprint density at radius 3 is 2.25 bits per heavy atom. The van der Waals surface area contributed by atoms with Crippen molar-refractivity contribution < 1.29 is 5.11 Å². The van der Waals surface area contributed by atoms with E-state index in [0.29, 0.717) is 5.75 Å². The molecule has 2 heteroatoms. The summed E-state index contributed by atoms with van der Waals surface area (Å²) in [7, 11) is 2.05. The Morgan fingerprint density at radius 2 is 1.62 bits per heavy atom.